The zero-order chi connectivity index (χ0) is 9.97. The maximum Gasteiger partial charge on any atom is 0.0991 e. The summed E-state index contributed by atoms with van der Waals surface area (Å²) in [5.41, 5.74) is 6.55. The number of aromatic nitrogens is 3. The minimum Gasteiger partial charge on any atom is -0.379 e. The molecule has 0 radical (unpaired) electrons. The molecule has 78 valence electrons. The highest BCUT2D eigenvalue weighted by Crippen LogP contribution is 2.18. The first-order valence-corrected chi connectivity index (χ1v) is 5.02. The second-order valence-electron chi connectivity index (χ2n) is 3.78. The molecule has 1 fully saturated rings. The highest BCUT2D eigenvalue weighted by molar-refractivity contribution is 4.98. The van der Waals surface area contributed by atoms with Crippen molar-refractivity contribution in [2.45, 2.75) is 31.8 Å². The van der Waals surface area contributed by atoms with E-state index in [9.17, 15) is 0 Å². The molecule has 0 saturated carbocycles. The highest BCUT2D eigenvalue weighted by Gasteiger charge is 2.17. The van der Waals surface area contributed by atoms with Gasteiger partial charge in [0, 0.05) is 12.6 Å². The number of nitrogens with zero attached hydrogens (tertiary/aromatic N) is 3. The molecule has 2 N–H and O–H groups in total. The van der Waals surface area contributed by atoms with Gasteiger partial charge in [0.25, 0.3) is 0 Å². The van der Waals surface area contributed by atoms with E-state index in [1.807, 2.05) is 17.8 Å². The van der Waals surface area contributed by atoms with Crippen LogP contribution in [0.25, 0.3) is 0 Å². The van der Waals surface area contributed by atoms with Gasteiger partial charge >= 0.3 is 0 Å². The molecule has 2 rings (SSSR count). The number of hydrogen-bond acceptors (Lipinski definition) is 4. The fraction of sp³-hybridized carbons (Fsp3) is 0.778. The van der Waals surface area contributed by atoms with Crippen molar-refractivity contribution in [3.05, 3.63) is 11.9 Å². The lowest BCUT2D eigenvalue weighted by molar-refractivity contribution is 0.0542. The first-order valence-electron chi connectivity index (χ1n) is 5.02. The Labute approximate surface area is 83.2 Å². The van der Waals surface area contributed by atoms with Gasteiger partial charge in [-0.2, -0.15) is 0 Å². The van der Waals surface area contributed by atoms with E-state index in [0.29, 0.717) is 6.04 Å². The van der Waals surface area contributed by atoms with Crippen LogP contribution in [0.4, 0.5) is 0 Å². The van der Waals surface area contributed by atoms with Crippen molar-refractivity contribution in [1.29, 1.82) is 0 Å². The first kappa shape index (κ1) is 9.61. The smallest absolute Gasteiger partial charge is 0.0991 e. The Bertz CT molecular complexity index is 291. The summed E-state index contributed by atoms with van der Waals surface area (Å²) >= 11 is 0. The minimum absolute atomic E-state index is 0.0479. The SMILES string of the molecule is C[C@H](N)c1cn(C2CCCOC2)nn1. The Morgan fingerprint density at radius 3 is 3.14 bits per heavy atom. The van der Waals surface area contributed by atoms with Gasteiger partial charge in [0.2, 0.25) is 0 Å². The van der Waals surface area contributed by atoms with Crippen molar-refractivity contribution < 1.29 is 4.74 Å². The van der Waals surface area contributed by atoms with Gasteiger partial charge in [-0.1, -0.05) is 5.21 Å². The average molecular weight is 196 g/mol. The second kappa shape index (κ2) is 4.06. The molecule has 0 bridgehead atoms. The Hall–Kier alpha value is -0.940. The lowest BCUT2D eigenvalue weighted by Crippen LogP contribution is -2.21. The van der Waals surface area contributed by atoms with Gasteiger partial charge in [0.05, 0.1) is 24.5 Å². The predicted octanol–water partition coefficient (Wildman–Crippen LogP) is 0.649. The van der Waals surface area contributed by atoms with Crippen molar-refractivity contribution >= 4 is 0 Å². The van der Waals surface area contributed by atoms with E-state index < -0.39 is 0 Å². The second-order valence-corrected chi connectivity index (χ2v) is 3.78. The van der Waals surface area contributed by atoms with E-state index in [2.05, 4.69) is 10.3 Å². The van der Waals surface area contributed by atoms with Crippen LogP contribution in [-0.4, -0.2) is 28.2 Å². The zero-order valence-electron chi connectivity index (χ0n) is 8.39. The quantitative estimate of drug-likeness (QED) is 0.754. The minimum atomic E-state index is -0.0479. The van der Waals surface area contributed by atoms with Crippen LogP contribution < -0.4 is 5.73 Å². The van der Waals surface area contributed by atoms with Gasteiger partial charge in [-0.3, -0.25) is 0 Å². The van der Waals surface area contributed by atoms with Crippen LogP contribution in [-0.2, 0) is 4.74 Å². The molecule has 0 aliphatic carbocycles. The van der Waals surface area contributed by atoms with Gasteiger partial charge in [-0.25, -0.2) is 4.68 Å². The Kier molecular flexibility index (Phi) is 2.79. The molecule has 2 heterocycles. The number of rotatable bonds is 2. The summed E-state index contributed by atoms with van der Waals surface area (Å²) in [6, 6.07) is 0.289. The maximum atomic E-state index is 5.71. The van der Waals surface area contributed by atoms with Gasteiger partial charge < -0.3 is 10.5 Å². The normalized spacial score (nSPS) is 24.9. The van der Waals surface area contributed by atoms with E-state index >= 15 is 0 Å². The highest BCUT2D eigenvalue weighted by atomic mass is 16.5. The average Bonchev–Trinajstić information content (AvgIpc) is 2.68. The van der Waals surface area contributed by atoms with Crippen molar-refractivity contribution in [1.82, 2.24) is 15.0 Å². The number of nitrogens with two attached hydrogens (primary N) is 1. The molecular weight excluding hydrogens is 180 g/mol. The summed E-state index contributed by atoms with van der Waals surface area (Å²) in [5, 5.41) is 8.09. The summed E-state index contributed by atoms with van der Waals surface area (Å²) in [7, 11) is 0. The largest absolute Gasteiger partial charge is 0.379 e. The van der Waals surface area contributed by atoms with Crippen molar-refractivity contribution in [3.8, 4) is 0 Å². The fourth-order valence-corrected chi connectivity index (χ4v) is 1.61. The molecule has 5 heteroatoms. The van der Waals surface area contributed by atoms with E-state index in [1.165, 1.54) is 0 Å². The molecular formula is C9H16N4O. The first-order chi connectivity index (χ1) is 6.77. The third-order valence-corrected chi connectivity index (χ3v) is 2.50. The Balaban J connectivity index is 2.07. The summed E-state index contributed by atoms with van der Waals surface area (Å²) in [4.78, 5) is 0. The molecule has 0 amide bonds. The molecule has 5 nitrogen and oxygen atoms in total. The van der Waals surface area contributed by atoms with Crippen LogP contribution in [0.2, 0.25) is 0 Å². The lowest BCUT2D eigenvalue weighted by atomic mass is 10.1. The molecule has 14 heavy (non-hydrogen) atoms. The third-order valence-electron chi connectivity index (χ3n) is 2.50. The van der Waals surface area contributed by atoms with E-state index in [1.54, 1.807) is 0 Å². The molecule has 1 unspecified atom stereocenters. The fourth-order valence-electron chi connectivity index (χ4n) is 1.61. The third kappa shape index (κ3) is 1.93. The van der Waals surface area contributed by atoms with E-state index in [4.69, 9.17) is 10.5 Å². The monoisotopic (exact) mass is 196 g/mol. The van der Waals surface area contributed by atoms with Crippen molar-refractivity contribution in [2.24, 2.45) is 5.73 Å². The van der Waals surface area contributed by atoms with Gasteiger partial charge in [0.15, 0.2) is 0 Å². The zero-order valence-corrected chi connectivity index (χ0v) is 8.39. The Morgan fingerprint density at radius 1 is 1.71 bits per heavy atom. The van der Waals surface area contributed by atoms with E-state index in [0.717, 1.165) is 31.7 Å². The summed E-state index contributed by atoms with van der Waals surface area (Å²) < 4.78 is 7.26. The van der Waals surface area contributed by atoms with Gasteiger partial charge in [-0.15, -0.1) is 5.10 Å². The van der Waals surface area contributed by atoms with E-state index in [-0.39, 0.29) is 6.04 Å². The molecule has 1 aliphatic heterocycles. The predicted molar refractivity (Wildman–Crippen MR) is 51.7 cm³/mol. The number of hydrogen-bond donors (Lipinski definition) is 1. The molecule has 1 aromatic rings. The number of ether oxygens (including phenoxy) is 1. The van der Waals surface area contributed by atoms with Crippen LogP contribution in [0.1, 0.15) is 37.5 Å². The van der Waals surface area contributed by atoms with Crippen LogP contribution in [0, 0.1) is 0 Å². The standard InChI is InChI=1S/C9H16N4O/c1-7(10)9-5-13(12-11-9)8-3-2-4-14-6-8/h5,7-8H,2-4,6,10H2,1H3/t7-,8?/m0/s1. The lowest BCUT2D eigenvalue weighted by Gasteiger charge is -2.21. The van der Waals surface area contributed by atoms with Crippen LogP contribution >= 0.6 is 0 Å². The van der Waals surface area contributed by atoms with Crippen LogP contribution in [0.5, 0.6) is 0 Å². The molecule has 1 aliphatic rings. The van der Waals surface area contributed by atoms with Crippen LogP contribution in [0.3, 0.4) is 0 Å². The topological polar surface area (TPSA) is 66.0 Å². The molecule has 2 atom stereocenters. The Morgan fingerprint density at radius 2 is 2.57 bits per heavy atom. The summed E-state index contributed by atoms with van der Waals surface area (Å²) in [5.74, 6) is 0. The summed E-state index contributed by atoms with van der Waals surface area (Å²) in [6.07, 6.45) is 4.13. The molecule has 0 spiro atoms. The molecule has 0 aromatic carbocycles. The van der Waals surface area contributed by atoms with Gasteiger partial charge in [0.1, 0.15) is 0 Å². The van der Waals surface area contributed by atoms with Crippen molar-refractivity contribution in [3.63, 3.8) is 0 Å². The molecule has 1 saturated heterocycles. The van der Waals surface area contributed by atoms with Gasteiger partial charge in [-0.05, 0) is 19.8 Å². The molecule has 1 aromatic heterocycles. The summed E-state index contributed by atoms with van der Waals surface area (Å²) in [6.45, 7) is 3.51. The maximum absolute atomic E-state index is 5.71. The van der Waals surface area contributed by atoms with Crippen molar-refractivity contribution in [2.75, 3.05) is 13.2 Å². The van der Waals surface area contributed by atoms with Crippen LogP contribution in [0.15, 0.2) is 6.20 Å².